The van der Waals surface area contributed by atoms with Gasteiger partial charge in [0.1, 0.15) is 0 Å². The standard InChI is InChI=1S/C9H17NO3.C2H6/c1-4-10-8(11)5-7(6(2)3)9(12)13;1-2/h6-7H,4-5H2,1-3H3,(H,10,11)(H,12,13);1-2H3. The number of carbonyl (C=O) groups is 2. The van der Waals surface area contributed by atoms with Crippen LogP contribution in [0.2, 0.25) is 0 Å². The summed E-state index contributed by atoms with van der Waals surface area (Å²) in [6.45, 7) is 9.96. The zero-order valence-corrected chi connectivity index (χ0v) is 10.3. The Kier molecular flexibility index (Phi) is 10.4. The van der Waals surface area contributed by atoms with E-state index in [9.17, 15) is 9.59 Å². The van der Waals surface area contributed by atoms with E-state index in [1.807, 2.05) is 20.8 Å². The number of hydrogen-bond donors (Lipinski definition) is 2. The maximum Gasteiger partial charge on any atom is 0.307 e. The Morgan fingerprint density at radius 1 is 1.27 bits per heavy atom. The van der Waals surface area contributed by atoms with Crippen LogP contribution in [-0.4, -0.2) is 23.5 Å². The minimum Gasteiger partial charge on any atom is -0.481 e. The first-order valence-electron chi connectivity index (χ1n) is 5.48. The molecular formula is C11H23NO3. The van der Waals surface area contributed by atoms with Crippen LogP contribution in [0.3, 0.4) is 0 Å². The predicted molar refractivity (Wildman–Crippen MR) is 60.6 cm³/mol. The van der Waals surface area contributed by atoms with Crippen molar-refractivity contribution in [3.63, 3.8) is 0 Å². The van der Waals surface area contributed by atoms with Gasteiger partial charge in [0.2, 0.25) is 5.91 Å². The number of amides is 1. The molecule has 0 aromatic rings. The van der Waals surface area contributed by atoms with Gasteiger partial charge in [-0.15, -0.1) is 0 Å². The monoisotopic (exact) mass is 217 g/mol. The highest BCUT2D eigenvalue weighted by atomic mass is 16.4. The molecule has 0 rings (SSSR count). The van der Waals surface area contributed by atoms with Gasteiger partial charge in [-0.05, 0) is 12.8 Å². The van der Waals surface area contributed by atoms with E-state index in [2.05, 4.69) is 5.32 Å². The molecule has 1 amide bonds. The van der Waals surface area contributed by atoms with Crippen molar-refractivity contribution in [3.05, 3.63) is 0 Å². The van der Waals surface area contributed by atoms with Crippen LogP contribution in [0.1, 0.15) is 41.0 Å². The molecule has 0 fully saturated rings. The Bertz CT molecular complexity index is 190. The fourth-order valence-electron chi connectivity index (χ4n) is 1.08. The van der Waals surface area contributed by atoms with E-state index in [-0.39, 0.29) is 18.2 Å². The number of carboxylic acid groups (broad SMARTS) is 1. The molecule has 90 valence electrons. The molecule has 0 spiro atoms. The Balaban J connectivity index is 0. The average Bonchev–Trinajstić information content (AvgIpc) is 2.17. The second-order valence-electron chi connectivity index (χ2n) is 3.35. The number of rotatable bonds is 5. The summed E-state index contributed by atoms with van der Waals surface area (Å²) in [7, 11) is 0. The molecule has 4 nitrogen and oxygen atoms in total. The van der Waals surface area contributed by atoms with Gasteiger partial charge in [0.05, 0.1) is 5.92 Å². The molecule has 0 aliphatic carbocycles. The van der Waals surface area contributed by atoms with Gasteiger partial charge in [-0.2, -0.15) is 0 Å². The predicted octanol–water partition coefficient (Wildman–Crippen LogP) is 1.90. The van der Waals surface area contributed by atoms with Gasteiger partial charge in [-0.25, -0.2) is 0 Å². The summed E-state index contributed by atoms with van der Waals surface area (Å²) in [6.07, 6.45) is 0.0703. The first-order valence-corrected chi connectivity index (χ1v) is 5.48. The van der Waals surface area contributed by atoms with E-state index < -0.39 is 11.9 Å². The molecule has 0 bridgehead atoms. The van der Waals surface area contributed by atoms with Crippen molar-refractivity contribution >= 4 is 11.9 Å². The van der Waals surface area contributed by atoms with Crippen LogP contribution in [0.15, 0.2) is 0 Å². The first kappa shape index (κ1) is 16.4. The highest BCUT2D eigenvalue weighted by molar-refractivity contribution is 5.82. The summed E-state index contributed by atoms with van der Waals surface area (Å²) in [5, 5.41) is 11.4. The van der Waals surface area contributed by atoms with Crippen LogP contribution < -0.4 is 5.32 Å². The number of carbonyl (C=O) groups excluding carboxylic acids is 1. The second-order valence-corrected chi connectivity index (χ2v) is 3.35. The van der Waals surface area contributed by atoms with Crippen molar-refractivity contribution in [2.24, 2.45) is 11.8 Å². The van der Waals surface area contributed by atoms with E-state index in [4.69, 9.17) is 5.11 Å². The molecule has 0 heterocycles. The fourth-order valence-corrected chi connectivity index (χ4v) is 1.08. The van der Waals surface area contributed by atoms with Crippen molar-refractivity contribution in [1.29, 1.82) is 0 Å². The Morgan fingerprint density at radius 3 is 2.00 bits per heavy atom. The lowest BCUT2D eigenvalue weighted by Crippen LogP contribution is -2.30. The summed E-state index contributed by atoms with van der Waals surface area (Å²) >= 11 is 0. The van der Waals surface area contributed by atoms with Gasteiger partial charge in [-0.1, -0.05) is 27.7 Å². The molecule has 0 aliphatic heterocycles. The maximum atomic E-state index is 11.1. The minimum absolute atomic E-state index is 0.0138. The van der Waals surface area contributed by atoms with Crippen molar-refractivity contribution < 1.29 is 14.7 Å². The van der Waals surface area contributed by atoms with E-state index in [0.717, 1.165) is 0 Å². The van der Waals surface area contributed by atoms with Crippen molar-refractivity contribution in [1.82, 2.24) is 5.32 Å². The van der Waals surface area contributed by atoms with Crippen molar-refractivity contribution in [2.45, 2.75) is 41.0 Å². The molecule has 0 saturated heterocycles. The highest BCUT2D eigenvalue weighted by Gasteiger charge is 2.23. The first-order chi connectivity index (χ1) is 6.99. The molecule has 0 aromatic heterocycles. The SMILES string of the molecule is CC.CCNC(=O)CC(C(=O)O)C(C)C. The minimum atomic E-state index is -0.902. The number of carboxylic acids is 1. The van der Waals surface area contributed by atoms with E-state index in [1.54, 1.807) is 13.8 Å². The summed E-state index contributed by atoms with van der Waals surface area (Å²) in [5.74, 6) is -1.68. The third kappa shape index (κ3) is 7.97. The van der Waals surface area contributed by atoms with Crippen LogP contribution in [0, 0.1) is 11.8 Å². The van der Waals surface area contributed by atoms with Gasteiger partial charge in [0, 0.05) is 13.0 Å². The summed E-state index contributed by atoms with van der Waals surface area (Å²) < 4.78 is 0. The molecule has 15 heavy (non-hydrogen) atoms. The van der Waals surface area contributed by atoms with Crippen molar-refractivity contribution in [2.75, 3.05) is 6.54 Å². The zero-order valence-electron chi connectivity index (χ0n) is 10.3. The molecule has 1 unspecified atom stereocenters. The molecule has 4 heteroatoms. The van der Waals surface area contributed by atoms with Crippen molar-refractivity contribution in [3.8, 4) is 0 Å². The largest absolute Gasteiger partial charge is 0.481 e. The lowest BCUT2D eigenvalue weighted by molar-refractivity contribution is -0.145. The highest BCUT2D eigenvalue weighted by Crippen LogP contribution is 2.14. The summed E-state index contributed by atoms with van der Waals surface area (Å²) in [5.41, 5.74) is 0. The van der Waals surface area contributed by atoms with Gasteiger partial charge in [0.25, 0.3) is 0 Å². The van der Waals surface area contributed by atoms with Gasteiger partial charge >= 0.3 is 5.97 Å². The molecule has 0 radical (unpaired) electrons. The molecule has 0 saturated carbocycles. The lowest BCUT2D eigenvalue weighted by Gasteiger charge is -2.14. The summed E-state index contributed by atoms with van der Waals surface area (Å²) in [4.78, 5) is 21.8. The average molecular weight is 217 g/mol. The smallest absolute Gasteiger partial charge is 0.307 e. The number of aliphatic carboxylic acids is 1. The third-order valence-electron chi connectivity index (χ3n) is 1.90. The Hall–Kier alpha value is -1.06. The van der Waals surface area contributed by atoms with Crippen LogP contribution in [0.25, 0.3) is 0 Å². The van der Waals surface area contributed by atoms with Crippen LogP contribution in [0.4, 0.5) is 0 Å². The van der Waals surface area contributed by atoms with Gasteiger partial charge in [-0.3, -0.25) is 9.59 Å². The topological polar surface area (TPSA) is 66.4 Å². The van der Waals surface area contributed by atoms with Crippen LogP contribution in [-0.2, 0) is 9.59 Å². The Morgan fingerprint density at radius 2 is 1.73 bits per heavy atom. The van der Waals surface area contributed by atoms with E-state index >= 15 is 0 Å². The molecule has 0 aromatic carbocycles. The van der Waals surface area contributed by atoms with Crippen LogP contribution in [0.5, 0.6) is 0 Å². The molecule has 1 atom stereocenters. The van der Waals surface area contributed by atoms with E-state index in [0.29, 0.717) is 6.54 Å². The third-order valence-corrected chi connectivity index (χ3v) is 1.90. The van der Waals surface area contributed by atoms with Gasteiger partial charge < -0.3 is 10.4 Å². The Labute approximate surface area is 92.1 Å². The fraction of sp³-hybridized carbons (Fsp3) is 0.818. The normalized spacial score (nSPS) is 11.3. The lowest BCUT2D eigenvalue weighted by atomic mass is 9.92. The molecule has 0 aliphatic rings. The molecule has 2 N–H and O–H groups in total. The quantitative estimate of drug-likeness (QED) is 0.739. The zero-order chi connectivity index (χ0) is 12.4. The molecular weight excluding hydrogens is 194 g/mol. The second kappa shape index (κ2) is 9.49. The number of hydrogen-bond acceptors (Lipinski definition) is 2. The van der Waals surface area contributed by atoms with Crippen LogP contribution >= 0.6 is 0 Å². The van der Waals surface area contributed by atoms with E-state index in [1.165, 1.54) is 0 Å². The summed E-state index contributed by atoms with van der Waals surface area (Å²) in [6, 6.07) is 0. The maximum absolute atomic E-state index is 11.1. The van der Waals surface area contributed by atoms with Gasteiger partial charge in [0.15, 0.2) is 0 Å². The number of nitrogens with one attached hydrogen (secondary N) is 1.